The SMILES string of the molecule is CSCC[C@H](N=Cc1c(O)[nH]c(=O)[nH]c1=O)C(=O)[O-]. The molecule has 1 heterocycles. The molecule has 1 aromatic heterocycles. The minimum atomic E-state index is -1.37. The van der Waals surface area contributed by atoms with Gasteiger partial charge in [-0.1, -0.05) is 0 Å². The molecule has 1 atom stereocenters. The molecule has 8 nitrogen and oxygen atoms in total. The Hall–Kier alpha value is -2.03. The molecule has 0 saturated carbocycles. The summed E-state index contributed by atoms with van der Waals surface area (Å²) in [7, 11) is 0. The molecule has 0 amide bonds. The van der Waals surface area contributed by atoms with Crippen molar-refractivity contribution >= 4 is 23.9 Å². The number of nitrogens with zero attached hydrogens (tertiary/aromatic N) is 1. The third-order valence-electron chi connectivity index (χ3n) is 2.21. The first kappa shape index (κ1) is 15.0. The zero-order valence-electron chi connectivity index (χ0n) is 10.0. The highest BCUT2D eigenvalue weighted by molar-refractivity contribution is 7.98. The fourth-order valence-corrected chi connectivity index (χ4v) is 1.71. The lowest BCUT2D eigenvalue weighted by Gasteiger charge is -2.12. The Balaban J connectivity index is 2.99. The molecule has 0 bridgehead atoms. The molecule has 0 unspecified atom stereocenters. The maximum Gasteiger partial charge on any atom is 0.328 e. The second kappa shape index (κ2) is 6.78. The van der Waals surface area contributed by atoms with Gasteiger partial charge in [0.15, 0.2) is 0 Å². The number of carbonyl (C=O) groups excluding carboxylic acids is 1. The first-order valence-electron chi connectivity index (χ1n) is 5.24. The number of aromatic hydroxyl groups is 1. The van der Waals surface area contributed by atoms with E-state index in [4.69, 9.17) is 0 Å². The van der Waals surface area contributed by atoms with Crippen molar-refractivity contribution in [2.75, 3.05) is 12.0 Å². The molecule has 1 rings (SSSR count). The number of carbonyl (C=O) groups is 1. The van der Waals surface area contributed by atoms with Gasteiger partial charge in [0.25, 0.3) is 5.56 Å². The number of aliphatic imine (C=N–C) groups is 1. The lowest BCUT2D eigenvalue weighted by atomic mass is 10.2. The molecule has 0 fully saturated rings. The third-order valence-corrected chi connectivity index (χ3v) is 2.85. The first-order chi connectivity index (χ1) is 8.95. The number of hydrogen-bond acceptors (Lipinski definition) is 7. The Bertz CT molecular complexity index is 592. The van der Waals surface area contributed by atoms with E-state index in [1.165, 1.54) is 11.8 Å². The molecule has 0 aliphatic rings. The van der Waals surface area contributed by atoms with Crippen molar-refractivity contribution in [3.63, 3.8) is 0 Å². The van der Waals surface area contributed by atoms with E-state index in [0.717, 1.165) is 6.21 Å². The second-order valence-corrected chi connectivity index (χ2v) is 4.55. The van der Waals surface area contributed by atoms with Crippen LogP contribution >= 0.6 is 11.8 Å². The van der Waals surface area contributed by atoms with Crippen molar-refractivity contribution in [1.29, 1.82) is 0 Å². The number of aliphatic carboxylic acids is 1. The van der Waals surface area contributed by atoms with E-state index in [2.05, 4.69) is 4.99 Å². The van der Waals surface area contributed by atoms with E-state index >= 15 is 0 Å². The molecule has 3 N–H and O–H groups in total. The van der Waals surface area contributed by atoms with Crippen molar-refractivity contribution in [3.05, 3.63) is 26.4 Å². The molecule has 0 aliphatic carbocycles. The standard InChI is InChI=1S/C10H13N3O5S/c1-19-3-2-6(9(16)17)11-4-5-7(14)12-10(18)13-8(5)15/h4,6H,2-3H2,1H3,(H,16,17)(H3,12,13,14,15,18)/p-1/t6-/m0/s1. The summed E-state index contributed by atoms with van der Waals surface area (Å²) in [5.74, 6) is -1.48. The van der Waals surface area contributed by atoms with Crippen LogP contribution in [-0.4, -0.2) is 45.3 Å². The van der Waals surface area contributed by atoms with Gasteiger partial charge in [0, 0.05) is 6.21 Å². The van der Waals surface area contributed by atoms with Crippen LogP contribution in [0, 0.1) is 0 Å². The van der Waals surface area contributed by atoms with Crippen LogP contribution in [0.5, 0.6) is 5.88 Å². The number of rotatable bonds is 6. The van der Waals surface area contributed by atoms with Gasteiger partial charge < -0.3 is 15.0 Å². The summed E-state index contributed by atoms with van der Waals surface area (Å²) in [5.41, 5.74) is -2.03. The summed E-state index contributed by atoms with van der Waals surface area (Å²) >= 11 is 1.45. The van der Waals surface area contributed by atoms with Crippen LogP contribution in [0.25, 0.3) is 0 Å². The van der Waals surface area contributed by atoms with Gasteiger partial charge in [-0.2, -0.15) is 11.8 Å². The van der Waals surface area contributed by atoms with Gasteiger partial charge in [-0.05, 0) is 18.4 Å². The summed E-state index contributed by atoms with van der Waals surface area (Å²) in [6, 6.07) is -1.11. The molecular formula is C10H12N3O5S-. The largest absolute Gasteiger partial charge is 0.548 e. The number of nitrogens with one attached hydrogen (secondary N) is 2. The van der Waals surface area contributed by atoms with Crippen molar-refractivity contribution in [2.45, 2.75) is 12.5 Å². The summed E-state index contributed by atoms with van der Waals surface area (Å²) in [6.45, 7) is 0. The molecule has 104 valence electrons. The number of thioether (sulfide) groups is 1. The Morgan fingerprint density at radius 2 is 2.21 bits per heavy atom. The maximum absolute atomic E-state index is 11.4. The van der Waals surface area contributed by atoms with Gasteiger partial charge in [0.05, 0.1) is 12.0 Å². The smallest absolute Gasteiger partial charge is 0.328 e. The quantitative estimate of drug-likeness (QED) is 0.520. The number of aromatic nitrogens is 2. The number of hydrogen-bond donors (Lipinski definition) is 3. The topological polar surface area (TPSA) is 138 Å². The van der Waals surface area contributed by atoms with E-state index in [0.29, 0.717) is 5.75 Å². The Kier molecular flexibility index (Phi) is 5.37. The third kappa shape index (κ3) is 4.28. The second-order valence-electron chi connectivity index (χ2n) is 3.57. The van der Waals surface area contributed by atoms with Crippen LogP contribution in [0.2, 0.25) is 0 Å². The highest BCUT2D eigenvalue weighted by atomic mass is 32.2. The lowest BCUT2D eigenvalue weighted by Crippen LogP contribution is -2.35. The van der Waals surface area contributed by atoms with Gasteiger partial charge >= 0.3 is 5.69 Å². The zero-order valence-corrected chi connectivity index (χ0v) is 10.8. The predicted octanol–water partition coefficient (Wildman–Crippen LogP) is -1.94. The molecule has 1 aromatic rings. The van der Waals surface area contributed by atoms with Gasteiger partial charge in [-0.25, -0.2) is 4.79 Å². The van der Waals surface area contributed by atoms with E-state index < -0.39 is 29.1 Å². The molecule has 19 heavy (non-hydrogen) atoms. The van der Waals surface area contributed by atoms with Crippen LogP contribution in [-0.2, 0) is 4.79 Å². The Labute approximate surface area is 111 Å². The van der Waals surface area contributed by atoms with Gasteiger partial charge in [0.2, 0.25) is 5.88 Å². The maximum atomic E-state index is 11.4. The van der Waals surface area contributed by atoms with Crippen LogP contribution in [0.4, 0.5) is 0 Å². The molecule has 0 spiro atoms. The highest BCUT2D eigenvalue weighted by Gasteiger charge is 2.09. The lowest BCUT2D eigenvalue weighted by molar-refractivity contribution is -0.307. The Morgan fingerprint density at radius 1 is 1.53 bits per heavy atom. The Morgan fingerprint density at radius 3 is 2.74 bits per heavy atom. The minimum Gasteiger partial charge on any atom is -0.548 e. The molecule has 0 aromatic carbocycles. The van der Waals surface area contributed by atoms with Gasteiger partial charge in [-0.15, -0.1) is 0 Å². The molecule has 0 saturated heterocycles. The number of carboxylic acid groups (broad SMARTS) is 1. The van der Waals surface area contributed by atoms with E-state index in [-0.39, 0.29) is 12.0 Å². The molecule has 0 radical (unpaired) electrons. The fraction of sp³-hybridized carbons (Fsp3) is 0.400. The summed E-state index contributed by atoms with van der Waals surface area (Å²) < 4.78 is 0. The number of carboxylic acids is 1. The molecule has 0 aliphatic heterocycles. The normalized spacial score (nSPS) is 12.7. The van der Waals surface area contributed by atoms with Crippen molar-refractivity contribution < 1.29 is 15.0 Å². The van der Waals surface area contributed by atoms with Crippen LogP contribution < -0.4 is 16.4 Å². The average molecular weight is 286 g/mol. The summed E-state index contributed by atoms with van der Waals surface area (Å²) in [6.07, 6.45) is 2.96. The number of aromatic amines is 2. The monoisotopic (exact) mass is 286 g/mol. The van der Waals surface area contributed by atoms with Gasteiger partial charge in [-0.3, -0.25) is 19.8 Å². The van der Waals surface area contributed by atoms with E-state index in [1.807, 2.05) is 16.2 Å². The van der Waals surface area contributed by atoms with E-state index in [1.54, 1.807) is 0 Å². The molecule has 9 heteroatoms. The molecular weight excluding hydrogens is 274 g/mol. The number of H-pyrrole nitrogens is 2. The first-order valence-corrected chi connectivity index (χ1v) is 6.63. The zero-order chi connectivity index (χ0) is 14.4. The van der Waals surface area contributed by atoms with Crippen molar-refractivity contribution in [1.82, 2.24) is 9.97 Å². The predicted molar refractivity (Wildman–Crippen MR) is 68.7 cm³/mol. The van der Waals surface area contributed by atoms with Crippen molar-refractivity contribution in [2.24, 2.45) is 4.99 Å². The summed E-state index contributed by atoms with van der Waals surface area (Å²) in [4.78, 5) is 40.5. The van der Waals surface area contributed by atoms with Crippen LogP contribution in [0.1, 0.15) is 12.0 Å². The average Bonchev–Trinajstić information content (AvgIpc) is 2.31. The highest BCUT2D eigenvalue weighted by Crippen LogP contribution is 2.06. The summed E-state index contributed by atoms with van der Waals surface area (Å²) in [5, 5.41) is 20.2. The van der Waals surface area contributed by atoms with Gasteiger partial charge in [0.1, 0.15) is 5.56 Å². The van der Waals surface area contributed by atoms with E-state index in [9.17, 15) is 24.6 Å². The van der Waals surface area contributed by atoms with Crippen LogP contribution in [0.3, 0.4) is 0 Å². The van der Waals surface area contributed by atoms with Crippen molar-refractivity contribution in [3.8, 4) is 5.88 Å². The fourth-order valence-electron chi connectivity index (χ4n) is 1.25. The minimum absolute atomic E-state index is 0.238. The van der Waals surface area contributed by atoms with Crippen LogP contribution in [0.15, 0.2) is 14.6 Å².